The highest BCUT2D eigenvalue weighted by atomic mass is 16.5. The molecule has 0 aromatic heterocycles. The summed E-state index contributed by atoms with van der Waals surface area (Å²) in [6.07, 6.45) is 12.0. The average molecular weight is 476 g/mol. The number of aryl methyl sites for hydroxylation is 1. The Morgan fingerprint density at radius 2 is 1.86 bits per heavy atom. The van der Waals surface area contributed by atoms with E-state index in [1.165, 1.54) is 56.1 Å². The van der Waals surface area contributed by atoms with Gasteiger partial charge in [0.15, 0.2) is 0 Å². The van der Waals surface area contributed by atoms with Crippen LogP contribution in [-0.4, -0.2) is 23.8 Å². The van der Waals surface area contributed by atoms with Crippen LogP contribution in [0, 0.1) is 17.3 Å². The van der Waals surface area contributed by atoms with E-state index in [2.05, 4.69) is 61.6 Å². The van der Waals surface area contributed by atoms with Crippen molar-refractivity contribution < 1.29 is 9.84 Å². The van der Waals surface area contributed by atoms with Crippen LogP contribution in [0.4, 0.5) is 0 Å². The highest BCUT2D eigenvalue weighted by Gasteiger charge is 2.61. The first-order valence-electron chi connectivity index (χ1n) is 14.3. The summed E-state index contributed by atoms with van der Waals surface area (Å²) in [5.41, 5.74) is 3.74. The summed E-state index contributed by atoms with van der Waals surface area (Å²) in [4.78, 5) is 0. The number of nitrogens with one attached hydrogen (secondary N) is 1. The second-order valence-corrected chi connectivity index (χ2v) is 11.8. The van der Waals surface area contributed by atoms with Crippen LogP contribution in [0.2, 0.25) is 0 Å². The van der Waals surface area contributed by atoms with Gasteiger partial charge in [0.05, 0.1) is 5.60 Å². The number of hydrogen-bond acceptors (Lipinski definition) is 3. The molecule has 3 heteroatoms. The molecule has 35 heavy (non-hydrogen) atoms. The normalized spacial score (nSPS) is 31.5. The topological polar surface area (TPSA) is 41.5 Å². The van der Waals surface area contributed by atoms with Crippen molar-refractivity contribution >= 4 is 0 Å². The third-order valence-electron chi connectivity index (χ3n) is 9.89. The maximum absolute atomic E-state index is 11.8. The lowest BCUT2D eigenvalue weighted by Crippen LogP contribution is -2.55. The molecule has 0 radical (unpaired) electrons. The van der Waals surface area contributed by atoms with Gasteiger partial charge < -0.3 is 15.2 Å². The molecule has 2 aromatic rings. The van der Waals surface area contributed by atoms with Crippen molar-refractivity contribution in [3.8, 4) is 5.75 Å². The molecule has 0 unspecified atom stereocenters. The third kappa shape index (κ3) is 4.91. The molecule has 5 atom stereocenters. The molecule has 3 aliphatic carbocycles. The summed E-state index contributed by atoms with van der Waals surface area (Å²) >= 11 is 0. The summed E-state index contributed by atoms with van der Waals surface area (Å²) in [6, 6.07) is 17.3. The van der Waals surface area contributed by atoms with Crippen molar-refractivity contribution in [1.82, 2.24) is 5.32 Å². The Bertz CT molecular complexity index is 975. The van der Waals surface area contributed by atoms with Gasteiger partial charge in [-0.25, -0.2) is 0 Å². The van der Waals surface area contributed by atoms with Gasteiger partial charge in [-0.2, -0.15) is 0 Å². The van der Waals surface area contributed by atoms with E-state index in [-0.39, 0.29) is 5.41 Å². The molecule has 190 valence electrons. The average Bonchev–Trinajstić information content (AvgIpc) is 3.15. The number of aliphatic hydroxyl groups is 1. The van der Waals surface area contributed by atoms with Crippen LogP contribution >= 0.6 is 0 Å². The summed E-state index contributed by atoms with van der Waals surface area (Å²) in [5.74, 6) is 2.97. The molecule has 3 aliphatic rings. The fourth-order valence-electron chi connectivity index (χ4n) is 7.76. The maximum Gasteiger partial charge on any atom is 0.120 e. The molecule has 2 aromatic carbocycles. The Balaban J connectivity index is 1.23. The van der Waals surface area contributed by atoms with E-state index >= 15 is 0 Å². The first-order chi connectivity index (χ1) is 17.0. The van der Waals surface area contributed by atoms with Crippen molar-refractivity contribution in [2.45, 2.75) is 96.2 Å². The lowest BCUT2D eigenvalue weighted by atomic mass is 9.53. The summed E-state index contributed by atoms with van der Waals surface area (Å²) in [5, 5.41) is 15.5. The van der Waals surface area contributed by atoms with Gasteiger partial charge in [-0.1, -0.05) is 69.5 Å². The molecule has 0 aliphatic heterocycles. The smallest absolute Gasteiger partial charge is 0.120 e. The zero-order valence-electron chi connectivity index (χ0n) is 21.9. The Morgan fingerprint density at radius 1 is 1.00 bits per heavy atom. The monoisotopic (exact) mass is 475 g/mol. The van der Waals surface area contributed by atoms with Crippen molar-refractivity contribution in [2.24, 2.45) is 17.3 Å². The van der Waals surface area contributed by atoms with E-state index in [0.717, 1.165) is 38.1 Å². The minimum atomic E-state index is -0.553. The van der Waals surface area contributed by atoms with Crippen LogP contribution in [-0.2, 0) is 13.0 Å². The largest absolute Gasteiger partial charge is 0.489 e. The number of unbranched alkanes of at least 4 members (excludes halogenated alkanes) is 3. The van der Waals surface area contributed by atoms with E-state index in [9.17, 15) is 5.11 Å². The number of rotatable bonds is 10. The third-order valence-corrected chi connectivity index (χ3v) is 9.89. The minimum absolute atomic E-state index is 0.0425. The molecule has 0 saturated heterocycles. The molecular weight excluding hydrogens is 430 g/mol. The van der Waals surface area contributed by atoms with E-state index in [4.69, 9.17) is 4.74 Å². The molecule has 0 spiro atoms. The molecular formula is C32H45NO2. The van der Waals surface area contributed by atoms with Crippen LogP contribution in [0.5, 0.6) is 5.75 Å². The number of hydrogen-bond donors (Lipinski definition) is 2. The van der Waals surface area contributed by atoms with E-state index < -0.39 is 5.60 Å². The van der Waals surface area contributed by atoms with E-state index in [1.54, 1.807) is 5.56 Å². The number of fused-ring (bicyclic) bond motifs is 5. The Kier molecular flexibility index (Phi) is 7.55. The van der Waals surface area contributed by atoms with Crippen LogP contribution in [0.15, 0.2) is 48.5 Å². The SMILES string of the molecule is CCCCCCNC[C@]1(O)CC[C@H]2[C@@H]3CCc4cc(OCc5ccccc5)ccc4[C@H]3CC[C@@]21C. The maximum atomic E-state index is 11.8. The summed E-state index contributed by atoms with van der Waals surface area (Å²) < 4.78 is 6.14. The van der Waals surface area contributed by atoms with Crippen molar-refractivity contribution in [1.29, 1.82) is 0 Å². The first kappa shape index (κ1) is 24.8. The second-order valence-electron chi connectivity index (χ2n) is 11.8. The van der Waals surface area contributed by atoms with Crippen LogP contribution < -0.4 is 10.1 Å². The van der Waals surface area contributed by atoms with Gasteiger partial charge in [-0.3, -0.25) is 0 Å². The van der Waals surface area contributed by atoms with Gasteiger partial charge in [0.1, 0.15) is 12.4 Å². The lowest BCUT2D eigenvalue weighted by Gasteiger charge is -2.53. The molecule has 2 saturated carbocycles. The van der Waals surface area contributed by atoms with Crippen LogP contribution in [0.25, 0.3) is 0 Å². The Hall–Kier alpha value is -1.84. The van der Waals surface area contributed by atoms with Crippen LogP contribution in [0.3, 0.4) is 0 Å². The van der Waals surface area contributed by atoms with Gasteiger partial charge in [-0.05, 0) is 98.1 Å². The fraction of sp³-hybridized carbons (Fsp3) is 0.625. The first-order valence-corrected chi connectivity index (χ1v) is 14.3. The van der Waals surface area contributed by atoms with E-state index in [0.29, 0.717) is 24.4 Å². The van der Waals surface area contributed by atoms with Crippen molar-refractivity contribution in [2.75, 3.05) is 13.1 Å². The zero-order chi connectivity index (χ0) is 24.3. The van der Waals surface area contributed by atoms with Crippen molar-refractivity contribution in [3.63, 3.8) is 0 Å². The molecule has 3 nitrogen and oxygen atoms in total. The molecule has 0 amide bonds. The van der Waals surface area contributed by atoms with Gasteiger partial charge in [0, 0.05) is 12.0 Å². The number of ether oxygens (including phenoxy) is 1. The fourth-order valence-corrected chi connectivity index (χ4v) is 7.76. The molecule has 0 bridgehead atoms. The predicted octanol–water partition coefficient (Wildman–Crippen LogP) is 7.02. The van der Waals surface area contributed by atoms with Crippen molar-refractivity contribution in [3.05, 3.63) is 65.2 Å². The molecule has 0 heterocycles. The minimum Gasteiger partial charge on any atom is -0.489 e. The molecule has 2 N–H and O–H groups in total. The van der Waals surface area contributed by atoms with Gasteiger partial charge in [0.2, 0.25) is 0 Å². The molecule has 2 fully saturated rings. The molecule has 5 rings (SSSR count). The standard InChI is InChI=1S/C32H45NO2/c1-3-4-5-9-20-33-23-32(34)19-17-30-29-14-12-25-21-26(35-22-24-10-7-6-8-11-24)13-15-27(25)28(29)16-18-31(30,32)2/h6-8,10-11,13,15,21,28-30,33-34H,3-5,9,12,14,16-20,22-23H2,1-2H3/t28-,29-,30+,31+,32-/m1/s1. The second kappa shape index (κ2) is 10.6. The highest BCUT2D eigenvalue weighted by Crippen LogP contribution is 2.64. The van der Waals surface area contributed by atoms with Gasteiger partial charge in [0.25, 0.3) is 0 Å². The summed E-state index contributed by atoms with van der Waals surface area (Å²) in [6.45, 7) is 7.10. The van der Waals surface area contributed by atoms with E-state index in [1.807, 2.05) is 6.07 Å². The number of benzene rings is 2. The predicted molar refractivity (Wildman–Crippen MR) is 144 cm³/mol. The Morgan fingerprint density at radius 3 is 2.69 bits per heavy atom. The quantitative estimate of drug-likeness (QED) is 0.363. The van der Waals surface area contributed by atoms with Gasteiger partial charge in [-0.15, -0.1) is 0 Å². The van der Waals surface area contributed by atoms with Gasteiger partial charge >= 0.3 is 0 Å². The zero-order valence-corrected chi connectivity index (χ0v) is 21.9. The Labute approximate surface area is 212 Å². The van der Waals surface area contributed by atoms with Crippen LogP contribution in [0.1, 0.15) is 94.2 Å². The highest BCUT2D eigenvalue weighted by molar-refractivity contribution is 5.41. The summed E-state index contributed by atoms with van der Waals surface area (Å²) in [7, 11) is 0. The lowest BCUT2D eigenvalue weighted by molar-refractivity contribution is -0.100.